The normalized spacial score (nSPS) is 12.2. The van der Waals surface area contributed by atoms with E-state index < -0.39 is 6.04 Å². The molecular weight excluding hydrogens is 313 g/mol. The summed E-state index contributed by atoms with van der Waals surface area (Å²) in [5, 5.41) is 3.78. The van der Waals surface area contributed by atoms with Crippen LogP contribution in [-0.4, -0.2) is 42.2 Å². The molecule has 0 saturated carbocycles. The molecule has 0 spiro atoms. The van der Waals surface area contributed by atoms with Crippen LogP contribution in [0.5, 0.6) is 0 Å². The molecule has 0 aliphatic rings. The maximum Gasteiger partial charge on any atom is 0.242 e. The van der Waals surface area contributed by atoms with Gasteiger partial charge in [-0.1, -0.05) is 24.3 Å². The molecule has 1 aromatic carbocycles. The highest BCUT2D eigenvalue weighted by Crippen LogP contribution is 2.21. The van der Waals surface area contributed by atoms with Gasteiger partial charge in [0.25, 0.3) is 0 Å². The Bertz CT molecular complexity index is 637. The van der Waals surface area contributed by atoms with E-state index in [9.17, 15) is 9.18 Å². The minimum atomic E-state index is -0.643. The lowest BCUT2D eigenvalue weighted by Crippen LogP contribution is -2.38. The molecule has 2 aromatic rings. The first-order valence-corrected chi connectivity index (χ1v) is 8.30. The molecule has 0 fully saturated rings. The van der Waals surface area contributed by atoms with Crippen LogP contribution in [0.3, 0.4) is 0 Å². The van der Waals surface area contributed by atoms with Crippen molar-refractivity contribution in [2.24, 2.45) is 0 Å². The van der Waals surface area contributed by atoms with E-state index in [1.54, 1.807) is 55.2 Å². The van der Waals surface area contributed by atoms with Gasteiger partial charge in [-0.3, -0.25) is 9.69 Å². The number of carbonyl (C=O) groups is 1. The molecule has 1 heterocycles. The highest BCUT2D eigenvalue weighted by Gasteiger charge is 2.25. The quantitative estimate of drug-likeness (QED) is 0.625. The van der Waals surface area contributed by atoms with Gasteiger partial charge < -0.3 is 5.32 Å². The van der Waals surface area contributed by atoms with Crippen molar-refractivity contribution in [3.05, 3.63) is 60.0 Å². The molecule has 0 aliphatic heterocycles. The maximum absolute atomic E-state index is 14.0. The molecule has 2 rings (SSSR count). The Labute approximate surface area is 140 Å². The smallest absolute Gasteiger partial charge is 0.242 e. The minimum Gasteiger partial charge on any atom is -0.354 e. The SMILES string of the molecule is CN(C)[C@H](C(=O)NCCSc1ccccn1)c1ccccc1F. The van der Waals surface area contributed by atoms with Gasteiger partial charge in [-0.15, -0.1) is 11.8 Å². The van der Waals surface area contributed by atoms with Gasteiger partial charge in [-0.2, -0.15) is 0 Å². The Morgan fingerprint density at radius 2 is 2.00 bits per heavy atom. The van der Waals surface area contributed by atoms with E-state index >= 15 is 0 Å². The highest BCUT2D eigenvalue weighted by atomic mass is 32.2. The van der Waals surface area contributed by atoms with Crippen LogP contribution < -0.4 is 5.32 Å². The average molecular weight is 333 g/mol. The molecule has 0 bridgehead atoms. The number of benzene rings is 1. The van der Waals surface area contributed by atoms with Crippen molar-refractivity contribution in [1.29, 1.82) is 0 Å². The number of nitrogens with one attached hydrogen (secondary N) is 1. The van der Waals surface area contributed by atoms with Crippen LogP contribution in [0.4, 0.5) is 4.39 Å². The van der Waals surface area contributed by atoms with Crippen molar-refractivity contribution < 1.29 is 9.18 Å². The zero-order valence-corrected chi connectivity index (χ0v) is 14.0. The third kappa shape index (κ3) is 5.04. The number of rotatable bonds is 7. The fraction of sp³-hybridized carbons (Fsp3) is 0.294. The van der Waals surface area contributed by atoms with Gasteiger partial charge in [0.2, 0.25) is 5.91 Å². The highest BCUT2D eigenvalue weighted by molar-refractivity contribution is 7.99. The van der Waals surface area contributed by atoms with Crippen LogP contribution in [0.1, 0.15) is 11.6 Å². The number of thioether (sulfide) groups is 1. The molecule has 1 N–H and O–H groups in total. The van der Waals surface area contributed by atoms with Crippen LogP contribution in [-0.2, 0) is 4.79 Å². The number of pyridine rings is 1. The van der Waals surface area contributed by atoms with Gasteiger partial charge in [0.1, 0.15) is 11.9 Å². The molecule has 0 unspecified atom stereocenters. The van der Waals surface area contributed by atoms with Gasteiger partial charge in [-0.25, -0.2) is 9.37 Å². The average Bonchev–Trinajstić information content (AvgIpc) is 2.54. The summed E-state index contributed by atoms with van der Waals surface area (Å²) in [7, 11) is 3.53. The molecule has 0 radical (unpaired) electrons. The molecule has 6 heteroatoms. The Morgan fingerprint density at radius 3 is 2.65 bits per heavy atom. The van der Waals surface area contributed by atoms with Crippen molar-refractivity contribution in [1.82, 2.24) is 15.2 Å². The van der Waals surface area contributed by atoms with Crippen LogP contribution in [0.2, 0.25) is 0 Å². The predicted octanol–water partition coefficient (Wildman–Crippen LogP) is 2.73. The van der Waals surface area contributed by atoms with Crippen molar-refractivity contribution in [2.45, 2.75) is 11.1 Å². The molecule has 1 aromatic heterocycles. The van der Waals surface area contributed by atoms with Crippen molar-refractivity contribution in [2.75, 3.05) is 26.4 Å². The minimum absolute atomic E-state index is 0.207. The van der Waals surface area contributed by atoms with E-state index in [0.717, 1.165) is 5.03 Å². The molecular formula is C17H20FN3OS. The molecule has 0 aliphatic carbocycles. The largest absolute Gasteiger partial charge is 0.354 e. The fourth-order valence-corrected chi connectivity index (χ4v) is 2.93. The maximum atomic E-state index is 14.0. The fourth-order valence-electron chi connectivity index (χ4n) is 2.21. The van der Waals surface area contributed by atoms with E-state index in [0.29, 0.717) is 17.9 Å². The lowest BCUT2D eigenvalue weighted by molar-refractivity contribution is -0.125. The molecule has 4 nitrogen and oxygen atoms in total. The second-order valence-corrected chi connectivity index (χ2v) is 6.31. The van der Waals surface area contributed by atoms with Gasteiger partial charge in [0.05, 0.1) is 5.03 Å². The summed E-state index contributed by atoms with van der Waals surface area (Å²) in [5.41, 5.74) is 0.382. The number of nitrogens with zero attached hydrogens (tertiary/aromatic N) is 2. The molecule has 1 amide bonds. The van der Waals surface area contributed by atoms with Crippen LogP contribution in [0.15, 0.2) is 53.7 Å². The summed E-state index contributed by atoms with van der Waals surface area (Å²) >= 11 is 1.57. The molecule has 1 atom stereocenters. The first kappa shape index (κ1) is 17.4. The third-order valence-electron chi connectivity index (χ3n) is 3.25. The summed E-state index contributed by atoms with van der Waals surface area (Å²) in [5.74, 6) is 0.131. The van der Waals surface area contributed by atoms with E-state index in [1.165, 1.54) is 6.07 Å². The molecule has 23 heavy (non-hydrogen) atoms. The number of amides is 1. The van der Waals surface area contributed by atoms with E-state index in [1.807, 2.05) is 18.2 Å². The Hall–Kier alpha value is -1.92. The summed E-state index contributed by atoms with van der Waals surface area (Å²) < 4.78 is 14.0. The van der Waals surface area contributed by atoms with Crippen LogP contribution in [0.25, 0.3) is 0 Å². The van der Waals surface area contributed by atoms with E-state index in [2.05, 4.69) is 10.3 Å². The Kier molecular flexibility index (Phi) is 6.55. The Morgan fingerprint density at radius 1 is 1.26 bits per heavy atom. The van der Waals surface area contributed by atoms with E-state index in [4.69, 9.17) is 0 Å². The zero-order chi connectivity index (χ0) is 16.7. The van der Waals surface area contributed by atoms with Crippen molar-refractivity contribution >= 4 is 17.7 Å². The topological polar surface area (TPSA) is 45.2 Å². The second kappa shape index (κ2) is 8.64. The summed E-state index contributed by atoms with van der Waals surface area (Å²) in [6.07, 6.45) is 1.74. The number of halogens is 1. The molecule has 122 valence electrons. The zero-order valence-electron chi connectivity index (χ0n) is 13.2. The number of carbonyl (C=O) groups excluding carboxylic acids is 1. The van der Waals surface area contributed by atoms with Gasteiger partial charge >= 0.3 is 0 Å². The van der Waals surface area contributed by atoms with Crippen molar-refractivity contribution in [3.8, 4) is 0 Å². The first-order valence-electron chi connectivity index (χ1n) is 7.32. The second-order valence-electron chi connectivity index (χ2n) is 5.20. The number of hydrogen-bond donors (Lipinski definition) is 1. The lowest BCUT2D eigenvalue weighted by Gasteiger charge is -2.24. The number of aromatic nitrogens is 1. The van der Waals surface area contributed by atoms with E-state index in [-0.39, 0.29) is 11.7 Å². The Balaban J connectivity index is 1.91. The van der Waals surface area contributed by atoms with Crippen molar-refractivity contribution in [3.63, 3.8) is 0 Å². The summed E-state index contributed by atoms with van der Waals surface area (Å²) in [4.78, 5) is 18.3. The third-order valence-corrected chi connectivity index (χ3v) is 4.20. The summed E-state index contributed by atoms with van der Waals surface area (Å²) in [6, 6.07) is 11.4. The molecule has 0 saturated heterocycles. The van der Waals surface area contributed by atoms with Crippen LogP contribution >= 0.6 is 11.8 Å². The summed E-state index contributed by atoms with van der Waals surface area (Å²) in [6.45, 7) is 0.499. The predicted molar refractivity (Wildman–Crippen MR) is 90.8 cm³/mol. The van der Waals surface area contributed by atoms with Gasteiger partial charge in [0, 0.05) is 24.1 Å². The number of hydrogen-bond acceptors (Lipinski definition) is 4. The lowest BCUT2D eigenvalue weighted by atomic mass is 10.0. The standard InChI is InChI=1S/C17H20FN3OS/c1-21(2)16(13-7-3-4-8-14(13)18)17(22)20-11-12-23-15-9-5-6-10-19-15/h3-10,16H,11-12H2,1-2H3,(H,20,22)/t16-/m0/s1. The van der Waals surface area contributed by atoms with Gasteiger partial charge in [0.15, 0.2) is 0 Å². The monoisotopic (exact) mass is 333 g/mol. The van der Waals surface area contributed by atoms with Crippen LogP contribution in [0, 0.1) is 5.82 Å². The number of likely N-dealkylation sites (N-methyl/N-ethyl adjacent to an activating group) is 1. The first-order chi connectivity index (χ1) is 11.1. The van der Waals surface area contributed by atoms with Gasteiger partial charge in [-0.05, 0) is 32.3 Å².